The van der Waals surface area contributed by atoms with E-state index in [-0.39, 0.29) is 11.7 Å². The zero-order chi connectivity index (χ0) is 7.84. The molecule has 2 heteroatoms. The molecule has 1 aromatic heterocycles. The topological polar surface area (TPSA) is 30.2 Å². The van der Waals surface area contributed by atoms with Crippen LogP contribution in [0.1, 0.15) is 25.0 Å². The number of hydrogen-bond donors (Lipinski definition) is 0. The molecular weight excluding hydrogens is 140 g/mol. The van der Waals surface area contributed by atoms with E-state index in [9.17, 15) is 4.79 Å². The molecule has 0 N–H and O–H groups in total. The number of carbonyl (C=O) groups is 1. The summed E-state index contributed by atoms with van der Waals surface area (Å²) in [7, 11) is 0. The lowest BCUT2D eigenvalue weighted by atomic mass is 10.2. The summed E-state index contributed by atoms with van der Waals surface area (Å²) >= 11 is 0. The molecule has 1 aromatic rings. The van der Waals surface area contributed by atoms with Gasteiger partial charge < -0.3 is 4.42 Å². The van der Waals surface area contributed by atoms with E-state index in [1.807, 2.05) is 12.1 Å². The van der Waals surface area contributed by atoms with Crippen molar-refractivity contribution in [3.8, 4) is 0 Å². The molecular formula is C9H10O2. The van der Waals surface area contributed by atoms with Crippen molar-refractivity contribution in [3.63, 3.8) is 0 Å². The Morgan fingerprint density at radius 1 is 1.73 bits per heavy atom. The second-order valence-electron chi connectivity index (χ2n) is 3.07. The molecule has 1 heterocycles. The Morgan fingerprint density at radius 2 is 2.55 bits per heavy atom. The van der Waals surface area contributed by atoms with Gasteiger partial charge in [0.2, 0.25) is 0 Å². The predicted molar refractivity (Wildman–Crippen MR) is 40.2 cm³/mol. The van der Waals surface area contributed by atoms with Crippen LogP contribution in [-0.4, -0.2) is 5.78 Å². The third-order valence-corrected chi connectivity index (χ3v) is 2.22. The maximum Gasteiger partial charge on any atom is 0.133 e. The summed E-state index contributed by atoms with van der Waals surface area (Å²) in [6.45, 7) is 1.65. The Balaban J connectivity index is 2.08. The molecule has 1 saturated carbocycles. The Bertz CT molecular complexity index is 261. The van der Waals surface area contributed by atoms with Gasteiger partial charge in [-0.2, -0.15) is 0 Å². The molecule has 1 aliphatic rings. The number of furan rings is 1. The molecule has 1 fully saturated rings. The van der Waals surface area contributed by atoms with E-state index in [0.29, 0.717) is 5.92 Å². The number of carbonyl (C=O) groups excluding carboxylic acids is 1. The van der Waals surface area contributed by atoms with Gasteiger partial charge >= 0.3 is 0 Å². The molecule has 58 valence electrons. The van der Waals surface area contributed by atoms with Gasteiger partial charge in [0.05, 0.1) is 6.26 Å². The van der Waals surface area contributed by atoms with Crippen molar-refractivity contribution >= 4 is 5.78 Å². The van der Waals surface area contributed by atoms with Crippen molar-refractivity contribution in [3.05, 3.63) is 24.2 Å². The summed E-state index contributed by atoms with van der Waals surface area (Å²) in [5.74, 6) is 1.86. The molecule has 0 aromatic carbocycles. The number of Topliss-reactive ketones (excluding diaryl/α,β-unsaturated/α-hetero) is 1. The third kappa shape index (κ3) is 1.09. The van der Waals surface area contributed by atoms with Crippen LogP contribution >= 0.6 is 0 Å². The fraction of sp³-hybridized carbons (Fsp3) is 0.444. The Morgan fingerprint density at radius 3 is 3.00 bits per heavy atom. The summed E-state index contributed by atoms with van der Waals surface area (Å²) in [4.78, 5) is 10.9. The van der Waals surface area contributed by atoms with Crippen LogP contribution in [0.4, 0.5) is 0 Å². The summed E-state index contributed by atoms with van der Waals surface area (Å²) in [5.41, 5.74) is 0. The molecule has 0 bridgehead atoms. The Kier molecular flexibility index (Phi) is 1.34. The minimum absolute atomic E-state index is 0.237. The molecule has 0 aliphatic heterocycles. The van der Waals surface area contributed by atoms with Crippen LogP contribution in [0.25, 0.3) is 0 Å². The van der Waals surface area contributed by atoms with Gasteiger partial charge in [0.25, 0.3) is 0 Å². The predicted octanol–water partition coefficient (Wildman–Crippen LogP) is 1.97. The molecule has 1 aliphatic carbocycles. The average Bonchev–Trinajstić information content (AvgIpc) is 2.60. The first kappa shape index (κ1) is 6.65. The molecule has 2 atom stereocenters. The molecule has 0 unspecified atom stereocenters. The van der Waals surface area contributed by atoms with Gasteiger partial charge in [-0.3, -0.25) is 4.79 Å². The van der Waals surface area contributed by atoms with Gasteiger partial charge in [-0.05, 0) is 25.5 Å². The zero-order valence-corrected chi connectivity index (χ0v) is 6.41. The summed E-state index contributed by atoms with van der Waals surface area (Å²) in [5, 5.41) is 0. The first-order chi connectivity index (χ1) is 5.29. The van der Waals surface area contributed by atoms with Crippen molar-refractivity contribution in [2.45, 2.75) is 19.3 Å². The van der Waals surface area contributed by atoms with Crippen molar-refractivity contribution < 1.29 is 9.21 Å². The molecule has 0 spiro atoms. The second-order valence-corrected chi connectivity index (χ2v) is 3.07. The summed E-state index contributed by atoms with van der Waals surface area (Å²) < 4.78 is 5.19. The van der Waals surface area contributed by atoms with Crippen LogP contribution in [0.15, 0.2) is 22.8 Å². The van der Waals surface area contributed by atoms with E-state index >= 15 is 0 Å². The fourth-order valence-electron chi connectivity index (χ4n) is 1.46. The van der Waals surface area contributed by atoms with E-state index in [4.69, 9.17) is 4.42 Å². The number of rotatable bonds is 2. The fourth-order valence-corrected chi connectivity index (χ4v) is 1.46. The molecule has 0 radical (unpaired) electrons. The standard InChI is InChI=1S/C9H10O2/c1-6(10)7-5-8(7)9-3-2-4-11-9/h2-4,7-8H,5H2,1H3/t7-,8+/m0/s1. The van der Waals surface area contributed by atoms with Crippen LogP contribution < -0.4 is 0 Å². The highest BCUT2D eigenvalue weighted by molar-refractivity contribution is 5.82. The molecule has 0 amide bonds. The SMILES string of the molecule is CC(=O)[C@@H]1C[C@H]1c1ccco1. The van der Waals surface area contributed by atoms with Gasteiger partial charge in [0, 0.05) is 11.8 Å². The van der Waals surface area contributed by atoms with Crippen LogP contribution in [0.5, 0.6) is 0 Å². The summed E-state index contributed by atoms with van der Waals surface area (Å²) in [6.07, 6.45) is 2.63. The van der Waals surface area contributed by atoms with Gasteiger partial charge in [-0.1, -0.05) is 0 Å². The minimum atomic E-state index is 0.237. The van der Waals surface area contributed by atoms with Gasteiger partial charge in [0.15, 0.2) is 0 Å². The quantitative estimate of drug-likeness (QED) is 0.645. The smallest absolute Gasteiger partial charge is 0.133 e. The van der Waals surface area contributed by atoms with Crippen LogP contribution in [-0.2, 0) is 4.79 Å². The van der Waals surface area contributed by atoms with Crippen LogP contribution in [0.2, 0.25) is 0 Å². The molecule has 11 heavy (non-hydrogen) atoms. The number of hydrogen-bond acceptors (Lipinski definition) is 2. The largest absolute Gasteiger partial charge is 0.469 e. The minimum Gasteiger partial charge on any atom is -0.469 e. The van der Waals surface area contributed by atoms with Gasteiger partial charge in [-0.25, -0.2) is 0 Å². The van der Waals surface area contributed by atoms with Gasteiger partial charge in [-0.15, -0.1) is 0 Å². The maximum atomic E-state index is 10.9. The monoisotopic (exact) mass is 150 g/mol. The highest BCUT2D eigenvalue weighted by Crippen LogP contribution is 2.47. The highest BCUT2D eigenvalue weighted by atomic mass is 16.3. The Hall–Kier alpha value is -1.05. The number of ketones is 1. The maximum absolute atomic E-state index is 10.9. The van der Waals surface area contributed by atoms with Gasteiger partial charge in [0.1, 0.15) is 11.5 Å². The zero-order valence-electron chi connectivity index (χ0n) is 6.41. The van der Waals surface area contributed by atoms with E-state index in [1.165, 1.54) is 0 Å². The molecule has 2 rings (SSSR count). The summed E-state index contributed by atoms with van der Waals surface area (Å²) in [6, 6.07) is 3.80. The first-order valence-electron chi connectivity index (χ1n) is 3.83. The van der Waals surface area contributed by atoms with E-state index in [2.05, 4.69) is 0 Å². The van der Waals surface area contributed by atoms with E-state index in [1.54, 1.807) is 13.2 Å². The van der Waals surface area contributed by atoms with Crippen molar-refractivity contribution in [2.75, 3.05) is 0 Å². The van der Waals surface area contributed by atoms with Crippen molar-refractivity contribution in [1.29, 1.82) is 0 Å². The van der Waals surface area contributed by atoms with Crippen molar-refractivity contribution in [2.24, 2.45) is 5.92 Å². The third-order valence-electron chi connectivity index (χ3n) is 2.22. The Labute approximate surface area is 65.2 Å². The normalized spacial score (nSPS) is 28.5. The first-order valence-corrected chi connectivity index (χ1v) is 3.83. The molecule has 2 nitrogen and oxygen atoms in total. The van der Waals surface area contributed by atoms with Crippen LogP contribution in [0.3, 0.4) is 0 Å². The lowest BCUT2D eigenvalue weighted by molar-refractivity contribution is -0.118. The van der Waals surface area contributed by atoms with E-state index < -0.39 is 0 Å². The van der Waals surface area contributed by atoms with Crippen LogP contribution in [0, 0.1) is 5.92 Å². The highest BCUT2D eigenvalue weighted by Gasteiger charge is 2.43. The molecule has 0 saturated heterocycles. The lowest BCUT2D eigenvalue weighted by Crippen LogP contribution is -1.93. The lowest BCUT2D eigenvalue weighted by Gasteiger charge is -1.89. The van der Waals surface area contributed by atoms with Crippen molar-refractivity contribution in [1.82, 2.24) is 0 Å². The van der Waals surface area contributed by atoms with E-state index in [0.717, 1.165) is 12.2 Å². The second kappa shape index (κ2) is 2.22. The average molecular weight is 150 g/mol.